The number of benzene rings is 1. The summed E-state index contributed by atoms with van der Waals surface area (Å²) in [6.45, 7) is 1.85. The molecule has 2 N–H and O–H groups in total. The molecular formula is C16H15N5O. The van der Waals surface area contributed by atoms with E-state index in [0.29, 0.717) is 11.7 Å². The molecule has 1 aliphatic rings. The van der Waals surface area contributed by atoms with Crippen LogP contribution in [0.2, 0.25) is 0 Å². The van der Waals surface area contributed by atoms with Crippen LogP contribution in [0.1, 0.15) is 35.2 Å². The summed E-state index contributed by atoms with van der Waals surface area (Å²) in [6.07, 6.45) is 5.75. The molecule has 0 unspecified atom stereocenters. The summed E-state index contributed by atoms with van der Waals surface area (Å²) < 4.78 is 1.92. The Morgan fingerprint density at radius 2 is 1.95 bits per heavy atom. The lowest BCUT2D eigenvalue weighted by atomic mass is 10.1. The molecule has 0 spiro atoms. The molecule has 0 atom stereocenters. The highest BCUT2D eigenvalue weighted by molar-refractivity contribution is 6.05. The van der Waals surface area contributed by atoms with Gasteiger partial charge in [0.1, 0.15) is 5.82 Å². The standard InChI is InChI=1S/C16H15N5O/c1-9-18-7-11(8-19-9)10-2-5-14-13(6-10)15(16(17)22)20-21(14)12-3-4-12/h2,5-8,12H,3-4H2,1H3,(H2,17,22). The molecule has 1 aromatic carbocycles. The van der Waals surface area contributed by atoms with Gasteiger partial charge in [0.2, 0.25) is 0 Å². The van der Waals surface area contributed by atoms with Crippen LogP contribution in [-0.4, -0.2) is 25.7 Å². The highest BCUT2D eigenvalue weighted by atomic mass is 16.1. The van der Waals surface area contributed by atoms with Crippen molar-refractivity contribution in [1.82, 2.24) is 19.7 Å². The van der Waals surface area contributed by atoms with E-state index in [9.17, 15) is 4.79 Å². The fourth-order valence-electron chi connectivity index (χ4n) is 2.64. The highest BCUT2D eigenvalue weighted by Gasteiger charge is 2.28. The van der Waals surface area contributed by atoms with Crippen LogP contribution in [0.15, 0.2) is 30.6 Å². The number of aromatic nitrogens is 4. The van der Waals surface area contributed by atoms with E-state index < -0.39 is 5.91 Å². The molecule has 0 aliphatic heterocycles. The Bertz CT molecular complexity index is 877. The first-order valence-corrected chi connectivity index (χ1v) is 7.24. The fourth-order valence-corrected chi connectivity index (χ4v) is 2.64. The summed E-state index contributed by atoms with van der Waals surface area (Å²) in [5.41, 5.74) is 8.62. The van der Waals surface area contributed by atoms with Crippen molar-refractivity contribution in [2.24, 2.45) is 5.73 Å². The lowest BCUT2D eigenvalue weighted by Gasteiger charge is -2.03. The molecule has 3 aromatic rings. The van der Waals surface area contributed by atoms with Crippen LogP contribution < -0.4 is 5.73 Å². The minimum atomic E-state index is -0.498. The third-order valence-corrected chi connectivity index (χ3v) is 3.95. The maximum Gasteiger partial charge on any atom is 0.269 e. The van der Waals surface area contributed by atoms with Gasteiger partial charge in [0.15, 0.2) is 5.69 Å². The van der Waals surface area contributed by atoms with Gasteiger partial charge >= 0.3 is 0 Å². The zero-order chi connectivity index (χ0) is 15.3. The largest absolute Gasteiger partial charge is 0.364 e. The Kier molecular flexibility index (Phi) is 2.72. The molecule has 2 aromatic heterocycles. The number of carbonyl (C=O) groups excluding carboxylic acids is 1. The molecule has 4 rings (SSSR count). The van der Waals surface area contributed by atoms with Crippen LogP contribution in [-0.2, 0) is 0 Å². The molecule has 22 heavy (non-hydrogen) atoms. The third-order valence-electron chi connectivity index (χ3n) is 3.95. The number of fused-ring (bicyclic) bond motifs is 1. The molecule has 0 saturated heterocycles. The summed E-state index contributed by atoms with van der Waals surface area (Å²) in [4.78, 5) is 20.1. The second-order valence-electron chi connectivity index (χ2n) is 5.64. The fraction of sp³-hybridized carbons (Fsp3) is 0.250. The smallest absolute Gasteiger partial charge is 0.269 e. The first-order valence-electron chi connectivity index (χ1n) is 7.24. The first kappa shape index (κ1) is 12.9. The molecule has 1 fully saturated rings. The average Bonchev–Trinajstić information content (AvgIpc) is 3.28. The average molecular weight is 293 g/mol. The second-order valence-corrected chi connectivity index (χ2v) is 5.64. The van der Waals surface area contributed by atoms with Gasteiger partial charge in [0.05, 0.1) is 11.6 Å². The van der Waals surface area contributed by atoms with Crippen molar-refractivity contribution >= 4 is 16.8 Å². The number of rotatable bonds is 3. The van der Waals surface area contributed by atoms with E-state index in [1.807, 2.05) is 29.8 Å². The summed E-state index contributed by atoms with van der Waals surface area (Å²) in [6, 6.07) is 6.32. The molecule has 1 saturated carbocycles. The van der Waals surface area contributed by atoms with E-state index in [1.54, 1.807) is 12.4 Å². The van der Waals surface area contributed by atoms with Crippen molar-refractivity contribution in [1.29, 1.82) is 0 Å². The van der Waals surface area contributed by atoms with E-state index in [-0.39, 0.29) is 0 Å². The minimum Gasteiger partial charge on any atom is -0.364 e. The van der Waals surface area contributed by atoms with Gasteiger partial charge in [-0.3, -0.25) is 9.48 Å². The Morgan fingerprint density at radius 3 is 2.59 bits per heavy atom. The van der Waals surface area contributed by atoms with Crippen LogP contribution in [0.3, 0.4) is 0 Å². The predicted molar refractivity (Wildman–Crippen MR) is 82.3 cm³/mol. The van der Waals surface area contributed by atoms with Gasteiger partial charge in [0, 0.05) is 23.3 Å². The Labute approximate surface area is 127 Å². The van der Waals surface area contributed by atoms with Crippen LogP contribution in [0.5, 0.6) is 0 Å². The van der Waals surface area contributed by atoms with Crippen LogP contribution in [0, 0.1) is 6.92 Å². The Morgan fingerprint density at radius 1 is 1.23 bits per heavy atom. The van der Waals surface area contributed by atoms with Gasteiger partial charge < -0.3 is 5.73 Å². The SMILES string of the molecule is Cc1ncc(-c2ccc3c(c2)c(C(N)=O)nn3C2CC2)cn1. The van der Waals surface area contributed by atoms with Crippen molar-refractivity contribution in [3.05, 3.63) is 42.1 Å². The van der Waals surface area contributed by atoms with Crippen molar-refractivity contribution in [3.8, 4) is 11.1 Å². The third kappa shape index (κ3) is 2.04. The monoisotopic (exact) mass is 293 g/mol. The number of hydrogen-bond acceptors (Lipinski definition) is 4. The van der Waals surface area contributed by atoms with Gasteiger partial charge in [-0.25, -0.2) is 9.97 Å². The predicted octanol–water partition coefficient (Wildman–Crippen LogP) is 2.24. The first-order chi connectivity index (χ1) is 10.6. The molecule has 0 bridgehead atoms. The molecule has 2 heterocycles. The molecule has 110 valence electrons. The van der Waals surface area contributed by atoms with Crippen molar-refractivity contribution in [3.63, 3.8) is 0 Å². The zero-order valence-corrected chi connectivity index (χ0v) is 12.2. The molecule has 1 amide bonds. The van der Waals surface area contributed by atoms with Crippen LogP contribution in [0.25, 0.3) is 22.0 Å². The number of nitrogens with two attached hydrogens (primary N) is 1. The second kappa shape index (κ2) is 4.62. The summed E-state index contributed by atoms with van der Waals surface area (Å²) in [7, 11) is 0. The molecular weight excluding hydrogens is 278 g/mol. The van der Waals surface area contributed by atoms with Crippen LogP contribution in [0.4, 0.5) is 0 Å². The van der Waals surface area contributed by atoms with Gasteiger partial charge in [-0.15, -0.1) is 0 Å². The summed E-state index contributed by atoms with van der Waals surface area (Å²) in [5.74, 6) is 0.228. The molecule has 6 nitrogen and oxygen atoms in total. The normalized spacial score (nSPS) is 14.4. The van der Waals surface area contributed by atoms with Crippen LogP contribution >= 0.6 is 0 Å². The summed E-state index contributed by atoms with van der Waals surface area (Å²) in [5, 5.41) is 5.20. The van der Waals surface area contributed by atoms with Crippen molar-refractivity contribution < 1.29 is 4.79 Å². The number of carbonyl (C=O) groups is 1. The molecule has 1 aliphatic carbocycles. The minimum absolute atomic E-state index is 0.330. The number of primary amides is 1. The van der Waals surface area contributed by atoms with Gasteiger partial charge in [-0.2, -0.15) is 5.10 Å². The van der Waals surface area contributed by atoms with Gasteiger partial charge in [-0.1, -0.05) is 6.07 Å². The number of aryl methyl sites for hydroxylation is 1. The number of amides is 1. The van der Waals surface area contributed by atoms with Crippen molar-refractivity contribution in [2.75, 3.05) is 0 Å². The topological polar surface area (TPSA) is 86.7 Å². The molecule has 6 heteroatoms. The van der Waals surface area contributed by atoms with Crippen molar-refractivity contribution in [2.45, 2.75) is 25.8 Å². The Balaban J connectivity index is 1.90. The van der Waals surface area contributed by atoms with E-state index in [1.165, 1.54) is 0 Å². The lowest BCUT2D eigenvalue weighted by Crippen LogP contribution is -2.12. The van der Waals surface area contributed by atoms with Gasteiger partial charge in [0.25, 0.3) is 5.91 Å². The quantitative estimate of drug-likeness (QED) is 0.802. The van der Waals surface area contributed by atoms with E-state index in [4.69, 9.17) is 5.73 Å². The Hall–Kier alpha value is -2.76. The van der Waals surface area contributed by atoms with E-state index in [0.717, 1.165) is 40.7 Å². The lowest BCUT2D eigenvalue weighted by molar-refractivity contribution is 0.0996. The maximum atomic E-state index is 11.7. The zero-order valence-electron chi connectivity index (χ0n) is 12.2. The van der Waals surface area contributed by atoms with Gasteiger partial charge in [-0.05, 0) is 37.5 Å². The summed E-state index contributed by atoms with van der Waals surface area (Å²) >= 11 is 0. The van der Waals surface area contributed by atoms with E-state index in [2.05, 4.69) is 15.1 Å². The maximum absolute atomic E-state index is 11.7. The molecule has 0 radical (unpaired) electrons. The highest BCUT2D eigenvalue weighted by Crippen LogP contribution is 2.38. The number of hydrogen-bond donors (Lipinski definition) is 1. The van der Waals surface area contributed by atoms with E-state index >= 15 is 0 Å². The number of nitrogens with zero attached hydrogens (tertiary/aromatic N) is 4.